The van der Waals surface area contributed by atoms with E-state index in [1.54, 1.807) is 12.1 Å². The number of nitrogens with one attached hydrogen (secondary N) is 1. The Labute approximate surface area is 104 Å². The van der Waals surface area contributed by atoms with Crippen LogP contribution in [0.15, 0.2) is 16.3 Å². The molecule has 2 rings (SSSR count). The topological polar surface area (TPSA) is 49.4 Å². The first-order valence-electron chi connectivity index (χ1n) is 5.00. The second kappa shape index (κ2) is 4.62. The summed E-state index contributed by atoms with van der Waals surface area (Å²) < 4.78 is 26.9. The molecule has 0 saturated carbocycles. The maximum Gasteiger partial charge on any atom is 0.252 e. The molecule has 1 atom stereocenters. The van der Waals surface area contributed by atoms with E-state index in [-0.39, 0.29) is 6.04 Å². The number of hydrogen-bond acceptors (Lipinski definition) is 4. The lowest BCUT2D eigenvalue weighted by Crippen LogP contribution is -2.51. The predicted molar refractivity (Wildman–Crippen MR) is 65.6 cm³/mol. The monoisotopic (exact) mass is 280 g/mol. The van der Waals surface area contributed by atoms with Crippen LogP contribution < -0.4 is 5.32 Å². The molecular weight excluding hydrogens is 268 g/mol. The molecule has 0 aliphatic carbocycles. The molecule has 1 aromatic rings. The molecule has 0 radical (unpaired) electrons. The highest BCUT2D eigenvalue weighted by atomic mass is 35.5. The lowest BCUT2D eigenvalue weighted by atomic mass is 10.3. The highest BCUT2D eigenvalue weighted by Crippen LogP contribution is 2.29. The average Bonchev–Trinajstić information content (AvgIpc) is 2.66. The van der Waals surface area contributed by atoms with Crippen LogP contribution in [-0.4, -0.2) is 38.4 Å². The van der Waals surface area contributed by atoms with Crippen molar-refractivity contribution in [2.75, 3.05) is 19.6 Å². The van der Waals surface area contributed by atoms with Gasteiger partial charge in [0.05, 0.1) is 4.34 Å². The van der Waals surface area contributed by atoms with E-state index in [1.165, 1.54) is 4.31 Å². The smallest absolute Gasteiger partial charge is 0.252 e. The van der Waals surface area contributed by atoms with Crippen molar-refractivity contribution in [1.29, 1.82) is 0 Å². The molecule has 16 heavy (non-hydrogen) atoms. The molecular formula is C9H13ClN2O2S2. The minimum absolute atomic E-state index is 0.0142. The van der Waals surface area contributed by atoms with Gasteiger partial charge in [0.15, 0.2) is 0 Å². The number of rotatable bonds is 2. The molecule has 2 heterocycles. The third kappa shape index (κ3) is 2.26. The van der Waals surface area contributed by atoms with Gasteiger partial charge in [0, 0.05) is 25.7 Å². The standard InChI is InChI=1S/C9H13ClN2O2S2/c1-7-6-11-4-5-12(7)16(13,14)9-3-2-8(10)15-9/h2-3,7,11H,4-6H2,1H3/t7-/m1/s1. The van der Waals surface area contributed by atoms with Crippen LogP contribution in [0.1, 0.15) is 6.92 Å². The normalized spacial score (nSPS) is 23.5. The Bertz CT molecular complexity index is 472. The van der Waals surface area contributed by atoms with E-state index in [0.29, 0.717) is 28.2 Å². The van der Waals surface area contributed by atoms with Crippen LogP contribution >= 0.6 is 22.9 Å². The van der Waals surface area contributed by atoms with Gasteiger partial charge in [-0.15, -0.1) is 11.3 Å². The summed E-state index contributed by atoms with van der Waals surface area (Å²) >= 11 is 6.87. The second-order valence-corrected chi connectivity index (χ2v) is 7.56. The zero-order valence-corrected chi connectivity index (χ0v) is 11.2. The minimum atomic E-state index is -3.36. The zero-order chi connectivity index (χ0) is 11.8. The molecule has 1 saturated heterocycles. The number of sulfonamides is 1. The van der Waals surface area contributed by atoms with E-state index in [2.05, 4.69) is 5.32 Å². The van der Waals surface area contributed by atoms with E-state index in [9.17, 15) is 8.42 Å². The van der Waals surface area contributed by atoms with E-state index >= 15 is 0 Å². The Balaban J connectivity index is 2.31. The van der Waals surface area contributed by atoms with Crippen molar-refractivity contribution in [3.8, 4) is 0 Å². The van der Waals surface area contributed by atoms with Crippen molar-refractivity contribution in [3.05, 3.63) is 16.5 Å². The number of nitrogens with zero attached hydrogens (tertiary/aromatic N) is 1. The highest BCUT2D eigenvalue weighted by molar-refractivity contribution is 7.91. The summed E-state index contributed by atoms with van der Waals surface area (Å²) in [6.45, 7) is 3.80. The molecule has 0 amide bonds. The summed E-state index contributed by atoms with van der Waals surface area (Å²) in [6, 6.07) is 3.17. The molecule has 0 bridgehead atoms. The molecule has 1 aliphatic rings. The highest BCUT2D eigenvalue weighted by Gasteiger charge is 2.31. The molecule has 0 spiro atoms. The molecule has 0 aromatic carbocycles. The van der Waals surface area contributed by atoms with Crippen molar-refractivity contribution in [2.45, 2.75) is 17.2 Å². The van der Waals surface area contributed by atoms with Gasteiger partial charge in [0.25, 0.3) is 10.0 Å². The Hall–Kier alpha value is -0.140. The fourth-order valence-electron chi connectivity index (χ4n) is 1.73. The quantitative estimate of drug-likeness (QED) is 0.891. The summed E-state index contributed by atoms with van der Waals surface area (Å²) in [5.41, 5.74) is 0. The first kappa shape index (κ1) is 12.3. The van der Waals surface area contributed by atoms with Crippen molar-refractivity contribution >= 4 is 33.0 Å². The van der Waals surface area contributed by atoms with E-state index in [0.717, 1.165) is 11.3 Å². The maximum atomic E-state index is 12.3. The Morgan fingerprint density at radius 1 is 1.56 bits per heavy atom. The molecule has 7 heteroatoms. The lowest BCUT2D eigenvalue weighted by molar-refractivity contribution is 0.284. The van der Waals surface area contributed by atoms with E-state index < -0.39 is 10.0 Å². The Morgan fingerprint density at radius 3 is 2.88 bits per heavy atom. The first-order valence-corrected chi connectivity index (χ1v) is 7.63. The molecule has 0 unspecified atom stereocenters. The van der Waals surface area contributed by atoms with E-state index in [4.69, 9.17) is 11.6 Å². The number of piperazine rings is 1. The van der Waals surface area contributed by atoms with E-state index in [1.807, 2.05) is 6.92 Å². The molecule has 1 aliphatic heterocycles. The average molecular weight is 281 g/mol. The van der Waals surface area contributed by atoms with Gasteiger partial charge in [-0.1, -0.05) is 11.6 Å². The third-order valence-electron chi connectivity index (χ3n) is 2.55. The number of thiophene rings is 1. The summed E-state index contributed by atoms with van der Waals surface area (Å²) in [5, 5.41) is 3.16. The Kier molecular flexibility index (Phi) is 3.56. The molecule has 1 aromatic heterocycles. The summed E-state index contributed by atoms with van der Waals surface area (Å²) in [7, 11) is -3.36. The molecule has 1 fully saturated rings. The largest absolute Gasteiger partial charge is 0.314 e. The van der Waals surface area contributed by atoms with Crippen molar-refractivity contribution in [3.63, 3.8) is 0 Å². The summed E-state index contributed by atoms with van der Waals surface area (Å²) in [5.74, 6) is 0. The van der Waals surface area contributed by atoms with Crippen LogP contribution in [0.5, 0.6) is 0 Å². The van der Waals surface area contributed by atoms with Crippen molar-refractivity contribution in [1.82, 2.24) is 9.62 Å². The maximum absolute atomic E-state index is 12.3. The van der Waals surface area contributed by atoms with Gasteiger partial charge < -0.3 is 5.32 Å². The van der Waals surface area contributed by atoms with Crippen LogP contribution in [0.4, 0.5) is 0 Å². The van der Waals surface area contributed by atoms with Crippen LogP contribution in [-0.2, 0) is 10.0 Å². The van der Waals surface area contributed by atoms with Crippen LogP contribution in [0.3, 0.4) is 0 Å². The summed E-state index contributed by atoms with van der Waals surface area (Å²) in [6.07, 6.45) is 0. The van der Waals surface area contributed by atoms with Crippen molar-refractivity contribution in [2.24, 2.45) is 0 Å². The SMILES string of the molecule is C[C@@H]1CNCCN1S(=O)(=O)c1ccc(Cl)s1. The molecule has 90 valence electrons. The van der Waals surface area contributed by atoms with Crippen LogP contribution in [0, 0.1) is 0 Å². The Morgan fingerprint density at radius 2 is 2.31 bits per heavy atom. The fraction of sp³-hybridized carbons (Fsp3) is 0.556. The van der Waals surface area contributed by atoms with Gasteiger partial charge in [-0.05, 0) is 19.1 Å². The predicted octanol–water partition coefficient (Wildman–Crippen LogP) is 1.38. The fourth-order valence-corrected chi connectivity index (χ4v) is 4.97. The molecule has 4 nitrogen and oxygen atoms in total. The van der Waals surface area contributed by atoms with Gasteiger partial charge in [-0.25, -0.2) is 8.42 Å². The van der Waals surface area contributed by atoms with Crippen LogP contribution in [0.2, 0.25) is 4.34 Å². The van der Waals surface area contributed by atoms with Gasteiger partial charge in [0.2, 0.25) is 0 Å². The summed E-state index contributed by atoms with van der Waals surface area (Å²) in [4.78, 5) is 0. The first-order chi connectivity index (χ1) is 7.51. The van der Waals surface area contributed by atoms with Gasteiger partial charge in [-0.2, -0.15) is 4.31 Å². The van der Waals surface area contributed by atoms with Gasteiger partial charge in [-0.3, -0.25) is 0 Å². The van der Waals surface area contributed by atoms with Crippen LogP contribution in [0.25, 0.3) is 0 Å². The number of halogens is 1. The lowest BCUT2D eigenvalue weighted by Gasteiger charge is -2.32. The minimum Gasteiger partial charge on any atom is -0.314 e. The zero-order valence-electron chi connectivity index (χ0n) is 8.81. The van der Waals surface area contributed by atoms with Gasteiger partial charge >= 0.3 is 0 Å². The third-order valence-corrected chi connectivity index (χ3v) is 6.26. The van der Waals surface area contributed by atoms with Crippen molar-refractivity contribution < 1.29 is 8.42 Å². The van der Waals surface area contributed by atoms with Gasteiger partial charge in [0.1, 0.15) is 4.21 Å². The molecule has 1 N–H and O–H groups in total. The number of hydrogen-bond donors (Lipinski definition) is 1. The second-order valence-electron chi connectivity index (χ2n) is 3.73.